The lowest BCUT2D eigenvalue weighted by atomic mass is 9.46. The first-order valence-electron chi connectivity index (χ1n) is 12.9. The van der Waals surface area contributed by atoms with Crippen molar-refractivity contribution in [2.75, 3.05) is 0 Å². The maximum atomic E-state index is 11.3. The van der Waals surface area contributed by atoms with Crippen molar-refractivity contribution in [3.05, 3.63) is 11.6 Å². The van der Waals surface area contributed by atoms with E-state index < -0.39 is 23.6 Å². The van der Waals surface area contributed by atoms with Gasteiger partial charge in [0.1, 0.15) is 0 Å². The predicted octanol–water partition coefficient (Wildman–Crippen LogP) is 4.54. The van der Waals surface area contributed by atoms with Crippen LogP contribution in [0.3, 0.4) is 0 Å². The zero-order valence-corrected chi connectivity index (χ0v) is 20.4. The van der Waals surface area contributed by atoms with E-state index in [1.54, 1.807) is 13.8 Å². The predicted molar refractivity (Wildman–Crippen MR) is 124 cm³/mol. The summed E-state index contributed by atoms with van der Waals surface area (Å²) in [6.45, 7) is 8.06. The molecule has 0 aromatic rings. The molecular weight excluding hydrogens is 404 g/mol. The van der Waals surface area contributed by atoms with E-state index in [0.717, 1.165) is 44.9 Å². The molecule has 3 saturated carbocycles. The largest absolute Gasteiger partial charge is 0.481 e. The number of hydrogen-bond acceptors (Lipinski definition) is 4. The third-order valence-electron chi connectivity index (χ3n) is 10.8. The molecule has 5 nitrogen and oxygen atoms in total. The van der Waals surface area contributed by atoms with Crippen molar-refractivity contribution >= 4 is 5.97 Å². The molecule has 5 heteroatoms. The number of fused-ring (bicyclic) bond motifs is 5. The zero-order valence-electron chi connectivity index (χ0n) is 20.4. The van der Waals surface area contributed by atoms with Crippen LogP contribution in [0.25, 0.3) is 0 Å². The van der Waals surface area contributed by atoms with Gasteiger partial charge in [-0.25, -0.2) is 0 Å². The van der Waals surface area contributed by atoms with Gasteiger partial charge in [-0.15, -0.1) is 0 Å². The van der Waals surface area contributed by atoms with Gasteiger partial charge in [-0.3, -0.25) is 4.79 Å². The van der Waals surface area contributed by atoms with Crippen molar-refractivity contribution < 1.29 is 25.2 Å². The van der Waals surface area contributed by atoms with E-state index in [2.05, 4.69) is 19.9 Å². The van der Waals surface area contributed by atoms with Crippen LogP contribution >= 0.6 is 0 Å². The van der Waals surface area contributed by atoms with E-state index >= 15 is 0 Å². The van der Waals surface area contributed by atoms with Crippen LogP contribution in [0, 0.1) is 40.4 Å². The van der Waals surface area contributed by atoms with Gasteiger partial charge in [0.05, 0.1) is 23.7 Å². The Hall–Kier alpha value is -0.910. The lowest BCUT2D eigenvalue weighted by Gasteiger charge is -2.59. The van der Waals surface area contributed by atoms with Crippen LogP contribution in [-0.4, -0.2) is 44.2 Å². The molecule has 4 aliphatic rings. The van der Waals surface area contributed by atoms with Crippen molar-refractivity contribution in [1.82, 2.24) is 0 Å². The monoisotopic (exact) mass is 448 g/mol. The Morgan fingerprint density at radius 1 is 1.16 bits per heavy atom. The van der Waals surface area contributed by atoms with Gasteiger partial charge in [0.2, 0.25) is 0 Å². The van der Waals surface area contributed by atoms with Crippen molar-refractivity contribution in [3.8, 4) is 0 Å². The summed E-state index contributed by atoms with van der Waals surface area (Å²) >= 11 is 0. The molecular formula is C27H44O5. The molecule has 0 aromatic heterocycles. The lowest BCUT2D eigenvalue weighted by Crippen LogP contribution is -2.54. The van der Waals surface area contributed by atoms with E-state index in [0.29, 0.717) is 30.1 Å². The summed E-state index contributed by atoms with van der Waals surface area (Å²) in [6.07, 6.45) is 11.1. The number of carboxylic acid groups (broad SMARTS) is 1. The van der Waals surface area contributed by atoms with Crippen LogP contribution in [-0.2, 0) is 4.79 Å². The second-order valence-electron chi connectivity index (χ2n) is 12.4. The number of aliphatic carboxylic acids is 1. The molecule has 4 rings (SSSR count). The van der Waals surface area contributed by atoms with Crippen LogP contribution < -0.4 is 0 Å². The highest BCUT2D eigenvalue weighted by Crippen LogP contribution is 2.66. The lowest BCUT2D eigenvalue weighted by molar-refractivity contribution is -0.150. The molecule has 0 aromatic carbocycles. The average molecular weight is 449 g/mol. The highest BCUT2D eigenvalue weighted by atomic mass is 16.4. The topological polar surface area (TPSA) is 98.0 Å². The number of carboxylic acids is 1. The van der Waals surface area contributed by atoms with Gasteiger partial charge in [0.25, 0.3) is 0 Å². The Morgan fingerprint density at radius 3 is 2.56 bits per heavy atom. The fourth-order valence-corrected chi connectivity index (χ4v) is 8.40. The molecule has 0 bridgehead atoms. The van der Waals surface area contributed by atoms with Crippen LogP contribution in [0.4, 0.5) is 0 Å². The van der Waals surface area contributed by atoms with Gasteiger partial charge >= 0.3 is 5.97 Å². The maximum absolute atomic E-state index is 11.3. The van der Waals surface area contributed by atoms with Crippen LogP contribution in [0.15, 0.2) is 11.6 Å². The quantitative estimate of drug-likeness (QED) is 0.447. The Bertz CT molecular complexity index is 759. The minimum atomic E-state index is -1.18. The van der Waals surface area contributed by atoms with E-state index in [1.165, 1.54) is 18.4 Å². The first kappa shape index (κ1) is 24.2. The van der Waals surface area contributed by atoms with Crippen molar-refractivity contribution in [3.63, 3.8) is 0 Å². The highest BCUT2D eigenvalue weighted by Gasteiger charge is 2.60. The normalized spacial score (nSPS) is 46.3. The van der Waals surface area contributed by atoms with E-state index in [-0.39, 0.29) is 16.9 Å². The molecule has 0 spiro atoms. The molecule has 0 aliphatic heterocycles. The van der Waals surface area contributed by atoms with Crippen LogP contribution in [0.1, 0.15) is 91.9 Å². The maximum Gasteiger partial charge on any atom is 0.309 e. The molecule has 3 unspecified atom stereocenters. The zero-order chi connectivity index (χ0) is 23.5. The molecule has 0 radical (unpaired) electrons. The Morgan fingerprint density at radius 2 is 1.88 bits per heavy atom. The molecule has 4 aliphatic carbocycles. The summed E-state index contributed by atoms with van der Waals surface area (Å²) in [4.78, 5) is 11.3. The number of rotatable bonds is 6. The van der Waals surface area contributed by atoms with Gasteiger partial charge in [0, 0.05) is 0 Å². The van der Waals surface area contributed by atoms with E-state index in [1.807, 2.05) is 0 Å². The number of aliphatic hydroxyl groups excluding tert-OH is 2. The second kappa shape index (κ2) is 8.39. The molecule has 0 heterocycles. The second-order valence-corrected chi connectivity index (χ2v) is 12.4. The van der Waals surface area contributed by atoms with Gasteiger partial charge < -0.3 is 20.4 Å². The SMILES string of the molecule is CC(C(=O)O)[C@@](C)(O)CCC[C@H]1CC[C@H]2[C@@H]3[C@H](O)C=C4C[C@@H](O)CCC4(C)[C@H]3CCC12C. The van der Waals surface area contributed by atoms with E-state index in [9.17, 15) is 25.2 Å². The minimum absolute atomic E-state index is 0.119. The molecule has 10 atom stereocenters. The third kappa shape index (κ3) is 3.86. The molecule has 182 valence electrons. The summed E-state index contributed by atoms with van der Waals surface area (Å²) in [5.74, 6) is 0.183. The van der Waals surface area contributed by atoms with Gasteiger partial charge in [-0.1, -0.05) is 31.9 Å². The van der Waals surface area contributed by atoms with Crippen molar-refractivity contribution in [2.45, 2.75) is 110 Å². The van der Waals surface area contributed by atoms with Gasteiger partial charge in [-0.05, 0) is 106 Å². The molecule has 4 N–H and O–H groups in total. The number of aliphatic hydroxyl groups is 3. The summed E-state index contributed by atoms with van der Waals surface area (Å²) in [7, 11) is 0. The van der Waals surface area contributed by atoms with E-state index in [4.69, 9.17) is 0 Å². The fourth-order valence-electron chi connectivity index (χ4n) is 8.40. The summed E-state index contributed by atoms with van der Waals surface area (Å²) in [6, 6.07) is 0. The van der Waals surface area contributed by atoms with Gasteiger partial charge in [0.15, 0.2) is 0 Å². The molecule has 0 saturated heterocycles. The van der Waals surface area contributed by atoms with Crippen molar-refractivity contribution in [1.29, 1.82) is 0 Å². The number of carbonyl (C=O) groups is 1. The smallest absolute Gasteiger partial charge is 0.309 e. The van der Waals surface area contributed by atoms with Gasteiger partial charge in [-0.2, -0.15) is 0 Å². The van der Waals surface area contributed by atoms with Crippen LogP contribution in [0.5, 0.6) is 0 Å². The minimum Gasteiger partial charge on any atom is -0.481 e. The average Bonchev–Trinajstić information content (AvgIpc) is 3.05. The first-order chi connectivity index (χ1) is 14.9. The standard InChI is InChI=1S/C27H44O5/c1-16(24(30)31)27(4,32)11-5-6-17-7-8-20-23-21(10-13-25(17,20)2)26(3)12-9-19(28)14-18(26)15-22(23)29/h15-17,19-23,28-29,32H,5-14H2,1-4H3,(H,30,31)/t16?,17-,19-,20-,21-,22+,23-,25?,26?,27-/m0/s1. The summed E-state index contributed by atoms with van der Waals surface area (Å²) in [5.41, 5.74) is 0.442. The number of hydrogen-bond donors (Lipinski definition) is 4. The highest BCUT2D eigenvalue weighted by molar-refractivity contribution is 5.70. The first-order valence-corrected chi connectivity index (χ1v) is 12.9. The Balaban J connectivity index is 1.46. The molecule has 32 heavy (non-hydrogen) atoms. The molecule has 0 amide bonds. The summed E-state index contributed by atoms with van der Waals surface area (Å²) in [5, 5.41) is 41.3. The third-order valence-corrected chi connectivity index (χ3v) is 10.8. The Kier molecular flexibility index (Phi) is 6.35. The summed E-state index contributed by atoms with van der Waals surface area (Å²) < 4.78 is 0. The Labute approximate surface area is 193 Å². The van der Waals surface area contributed by atoms with Crippen molar-refractivity contribution in [2.24, 2.45) is 40.4 Å². The molecule has 3 fully saturated rings. The van der Waals surface area contributed by atoms with Crippen LogP contribution in [0.2, 0.25) is 0 Å². The fraction of sp³-hybridized carbons (Fsp3) is 0.889.